The quantitative estimate of drug-likeness (QED) is 0.755. The van der Waals surface area contributed by atoms with Crippen molar-refractivity contribution in [1.82, 2.24) is 0 Å². The molecule has 0 heterocycles. The molecule has 3 nitrogen and oxygen atoms in total. The van der Waals surface area contributed by atoms with Gasteiger partial charge in [-0.05, 0) is 29.2 Å². The zero-order chi connectivity index (χ0) is 14.4. The van der Waals surface area contributed by atoms with Gasteiger partial charge in [-0.25, -0.2) is 0 Å². The molecule has 0 aromatic heterocycles. The van der Waals surface area contributed by atoms with Crippen LogP contribution in [0.15, 0.2) is 61.2 Å². The molecular weight excluding hydrogens is 252 g/mol. The predicted molar refractivity (Wildman–Crippen MR) is 75.4 cm³/mol. The van der Waals surface area contributed by atoms with Gasteiger partial charge in [-0.3, -0.25) is 0 Å². The lowest BCUT2D eigenvalue weighted by Crippen LogP contribution is -2.22. The largest absolute Gasteiger partial charge is 0.545 e. The molecular formula is C17H15O3-. The number of para-hydroxylation sites is 1. The summed E-state index contributed by atoms with van der Waals surface area (Å²) >= 11 is 0. The fraction of sp³-hybridized carbons (Fsp3) is 0.118. The van der Waals surface area contributed by atoms with E-state index in [1.165, 1.54) is 12.1 Å². The fourth-order valence-corrected chi connectivity index (χ4v) is 1.87. The van der Waals surface area contributed by atoms with E-state index in [2.05, 4.69) is 6.58 Å². The molecule has 102 valence electrons. The Balaban J connectivity index is 2.05. The number of carbonyl (C=O) groups is 1. The monoisotopic (exact) mass is 267 g/mol. The highest BCUT2D eigenvalue weighted by atomic mass is 16.5. The molecule has 0 saturated heterocycles. The van der Waals surface area contributed by atoms with Crippen molar-refractivity contribution < 1.29 is 14.6 Å². The highest BCUT2D eigenvalue weighted by molar-refractivity contribution is 5.85. The lowest BCUT2D eigenvalue weighted by atomic mass is 10.1. The molecule has 0 spiro atoms. The second-order valence-electron chi connectivity index (χ2n) is 4.37. The number of hydrogen-bond acceptors (Lipinski definition) is 3. The van der Waals surface area contributed by atoms with Crippen LogP contribution < -0.4 is 9.84 Å². The number of allylic oxidation sites excluding steroid dienone is 1. The average Bonchev–Trinajstić information content (AvgIpc) is 2.47. The van der Waals surface area contributed by atoms with Crippen molar-refractivity contribution in [3.8, 4) is 5.75 Å². The lowest BCUT2D eigenvalue weighted by molar-refractivity contribution is -0.255. The van der Waals surface area contributed by atoms with Gasteiger partial charge in [0.2, 0.25) is 0 Å². The van der Waals surface area contributed by atoms with Gasteiger partial charge in [-0.2, -0.15) is 0 Å². The van der Waals surface area contributed by atoms with Gasteiger partial charge in [-0.15, -0.1) is 6.58 Å². The highest BCUT2D eigenvalue weighted by Crippen LogP contribution is 2.20. The Hall–Kier alpha value is -2.55. The molecule has 0 aliphatic carbocycles. The Bertz CT molecular complexity index is 600. The third kappa shape index (κ3) is 3.48. The van der Waals surface area contributed by atoms with Gasteiger partial charge in [0.05, 0.1) is 5.97 Å². The molecule has 0 fully saturated rings. The van der Waals surface area contributed by atoms with Crippen molar-refractivity contribution in [2.45, 2.75) is 13.0 Å². The molecule has 2 aromatic carbocycles. The van der Waals surface area contributed by atoms with E-state index in [4.69, 9.17) is 4.74 Å². The van der Waals surface area contributed by atoms with E-state index in [1.807, 2.05) is 30.3 Å². The molecule has 2 rings (SSSR count). The summed E-state index contributed by atoms with van der Waals surface area (Å²) < 4.78 is 5.77. The first-order chi connectivity index (χ1) is 9.70. The maximum Gasteiger partial charge on any atom is 0.123 e. The molecule has 0 unspecified atom stereocenters. The third-order valence-corrected chi connectivity index (χ3v) is 2.92. The molecule has 0 saturated carbocycles. The maximum absolute atomic E-state index is 10.7. The average molecular weight is 267 g/mol. The summed E-state index contributed by atoms with van der Waals surface area (Å²) in [4.78, 5) is 10.7. The summed E-state index contributed by atoms with van der Waals surface area (Å²) in [5.74, 6) is -0.356. The Kier molecular flexibility index (Phi) is 4.56. The van der Waals surface area contributed by atoms with Gasteiger partial charge in [0.15, 0.2) is 0 Å². The van der Waals surface area contributed by atoms with Gasteiger partial charge < -0.3 is 14.6 Å². The summed E-state index contributed by atoms with van der Waals surface area (Å²) in [5, 5.41) is 10.7. The van der Waals surface area contributed by atoms with Crippen LogP contribution in [0, 0.1) is 0 Å². The molecule has 0 N–H and O–H groups in total. The Labute approximate surface area is 118 Å². The summed E-state index contributed by atoms with van der Waals surface area (Å²) in [6, 6.07) is 14.3. The first-order valence-electron chi connectivity index (χ1n) is 6.32. The van der Waals surface area contributed by atoms with E-state index >= 15 is 0 Å². The molecule has 0 bridgehead atoms. The number of aromatic carboxylic acids is 1. The van der Waals surface area contributed by atoms with E-state index in [9.17, 15) is 9.90 Å². The summed E-state index contributed by atoms with van der Waals surface area (Å²) in [6.45, 7) is 4.11. The minimum absolute atomic E-state index is 0.167. The topological polar surface area (TPSA) is 49.4 Å². The first kappa shape index (κ1) is 13.9. The number of carboxylic acids is 1. The van der Waals surface area contributed by atoms with Gasteiger partial charge in [0, 0.05) is 0 Å². The van der Waals surface area contributed by atoms with E-state index in [1.54, 1.807) is 12.1 Å². The molecule has 0 amide bonds. The van der Waals surface area contributed by atoms with Crippen molar-refractivity contribution in [2.75, 3.05) is 0 Å². The van der Waals surface area contributed by atoms with E-state index in [0.717, 1.165) is 23.3 Å². The summed E-state index contributed by atoms with van der Waals surface area (Å²) in [6.07, 6.45) is 2.58. The standard InChI is InChI=1S/C17H16O3/c1-2-5-14-6-3-4-7-16(14)20-12-13-8-10-15(11-9-13)17(18)19/h2-4,6-11H,1,5,12H2,(H,18,19)/p-1. The normalized spacial score (nSPS) is 10.0. The number of carboxylic acid groups (broad SMARTS) is 1. The van der Waals surface area contributed by atoms with Gasteiger partial charge >= 0.3 is 0 Å². The Morgan fingerprint density at radius 2 is 1.85 bits per heavy atom. The molecule has 2 aromatic rings. The molecule has 0 radical (unpaired) electrons. The fourth-order valence-electron chi connectivity index (χ4n) is 1.87. The second kappa shape index (κ2) is 6.57. The lowest BCUT2D eigenvalue weighted by Gasteiger charge is -2.11. The molecule has 0 aliphatic heterocycles. The number of rotatable bonds is 6. The van der Waals surface area contributed by atoms with Crippen molar-refractivity contribution in [3.63, 3.8) is 0 Å². The molecule has 3 heteroatoms. The zero-order valence-corrected chi connectivity index (χ0v) is 11.0. The van der Waals surface area contributed by atoms with Crippen LogP contribution in [-0.4, -0.2) is 5.97 Å². The van der Waals surface area contributed by atoms with Crippen molar-refractivity contribution >= 4 is 5.97 Å². The minimum atomic E-state index is -1.17. The molecule has 0 atom stereocenters. The third-order valence-electron chi connectivity index (χ3n) is 2.92. The molecule has 20 heavy (non-hydrogen) atoms. The van der Waals surface area contributed by atoms with Crippen LogP contribution in [0.3, 0.4) is 0 Å². The molecule has 0 aliphatic rings. The van der Waals surface area contributed by atoms with Crippen LogP contribution in [0.4, 0.5) is 0 Å². The highest BCUT2D eigenvalue weighted by Gasteiger charge is 2.02. The van der Waals surface area contributed by atoms with Crippen LogP contribution in [0.1, 0.15) is 21.5 Å². The van der Waals surface area contributed by atoms with Crippen molar-refractivity contribution in [1.29, 1.82) is 0 Å². The number of hydrogen-bond donors (Lipinski definition) is 0. The first-order valence-corrected chi connectivity index (χ1v) is 6.32. The van der Waals surface area contributed by atoms with Crippen LogP contribution >= 0.6 is 0 Å². The number of carbonyl (C=O) groups excluding carboxylic acids is 1. The van der Waals surface area contributed by atoms with E-state index in [0.29, 0.717) is 6.61 Å². The maximum atomic E-state index is 10.7. The van der Waals surface area contributed by atoms with Gasteiger partial charge in [0.1, 0.15) is 12.4 Å². The predicted octanol–water partition coefficient (Wildman–Crippen LogP) is 2.36. The van der Waals surface area contributed by atoms with E-state index in [-0.39, 0.29) is 5.56 Å². The van der Waals surface area contributed by atoms with Crippen LogP contribution in [-0.2, 0) is 13.0 Å². The van der Waals surface area contributed by atoms with Crippen LogP contribution in [0.5, 0.6) is 5.75 Å². The number of ether oxygens (including phenoxy) is 1. The Morgan fingerprint density at radius 1 is 1.15 bits per heavy atom. The number of benzene rings is 2. The minimum Gasteiger partial charge on any atom is -0.545 e. The second-order valence-corrected chi connectivity index (χ2v) is 4.37. The zero-order valence-electron chi connectivity index (χ0n) is 11.0. The van der Waals surface area contributed by atoms with E-state index < -0.39 is 5.97 Å². The van der Waals surface area contributed by atoms with Crippen molar-refractivity contribution in [2.24, 2.45) is 0 Å². The summed E-state index contributed by atoms with van der Waals surface area (Å²) in [5.41, 5.74) is 2.15. The van der Waals surface area contributed by atoms with Crippen molar-refractivity contribution in [3.05, 3.63) is 77.9 Å². The van der Waals surface area contributed by atoms with Crippen LogP contribution in [0.2, 0.25) is 0 Å². The van der Waals surface area contributed by atoms with Crippen LogP contribution in [0.25, 0.3) is 0 Å². The smallest absolute Gasteiger partial charge is 0.123 e. The Morgan fingerprint density at radius 3 is 2.50 bits per heavy atom. The van der Waals surface area contributed by atoms with Gasteiger partial charge in [0.25, 0.3) is 0 Å². The van der Waals surface area contributed by atoms with Gasteiger partial charge in [-0.1, -0.05) is 48.5 Å². The SMILES string of the molecule is C=CCc1ccccc1OCc1ccc(C(=O)[O-])cc1. The summed E-state index contributed by atoms with van der Waals surface area (Å²) in [7, 11) is 0.